The van der Waals surface area contributed by atoms with Crippen LogP contribution in [0.15, 0.2) is 0 Å². The Kier molecular flexibility index (Phi) is 15.3. The molecule has 2 saturated carbocycles. The van der Waals surface area contributed by atoms with E-state index in [1.165, 1.54) is 103 Å². The molecule has 4 fully saturated rings. The molecular weight excluding hydrogens is 415 g/mol. The number of hydrogen-bond acceptors (Lipinski definition) is 4. The van der Waals surface area contributed by atoms with Crippen LogP contribution < -0.4 is 10.6 Å². The van der Waals surface area contributed by atoms with Crippen LogP contribution in [-0.4, -0.2) is 73.2 Å². The second-order valence-electron chi connectivity index (χ2n) is 9.61. The predicted octanol–water partition coefficient (Wildman–Crippen LogP) is 4.85. The summed E-state index contributed by atoms with van der Waals surface area (Å²) >= 11 is 0. The van der Waals surface area contributed by atoms with Crippen molar-refractivity contribution in [2.24, 2.45) is 0 Å². The van der Waals surface area contributed by atoms with Gasteiger partial charge >= 0.3 is 0 Å². The van der Waals surface area contributed by atoms with Gasteiger partial charge < -0.3 is 20.4 Å². The minimum Gasteiger partial charge on any atom is -0.314 e. The summed E-state index contributed by atoms with van der Waals surface area (Å²) in [6.45, 7) is 12.2. The van der Waals surface area contributed by atoms with Crippen LogP contribution in [0.25, 0.3) is 0 Å². The van der Waals surface area contributed by atoms with Crippen LogP contribution in [0.2, 0.25) is 0 Å². The Hall–Kier alpha value is 0.420. The van der Waals surface area contributed by atoms with E-state index >= 15 is 0 Å². The van der Waals surface area contributed by atoms with Crippen molar-refractivity contribution in [1.29, 1.82) is 0 Å². The summed E-state index contributed by atoms with van der Waals surface area (Å²) in [5.41, 5.74) is 0. The maximum Gasteiger partial charge on any atom is 0.00964 e. The summed E-state index contributed by atoms with van der Waals surface area (Å²) in [7, 11) is 0. The Labute approximate surface area is 199 Å². The Balaban J connectivity index is 0.000000281. The molecule has 0 bridgehead atoms. The first kappa shape index (κ1) is 28.5. The highest BCUT2D eigenvalue weighted by Gasteiger charge is 2.27. The highest BCUT2D eigenvalue weighted by Crippen LogP contribution is 2.26. The fourth-order valence-electron chi connectivity index (χ4n) is 6.08. The molecule has 4 rings (SSSR count). The Bertz CT molecular complexity index is 360. The van der Waals surface area contributed by atoms with Crippen LogP contribution in [0, 0.1) is 0 Å². The van der Waals surface area contributed by atoms with Gasteiger partial charge in [-0.1, -0.05) is 13.8 Å². The molecule has 0 atom stereocenters. The van der Waals surface area contributed by atoms with Gasteiger partial charge in [0.05, 0.1) is 0 Å². The van der Waals surface area contributed by atoms with Crippen molar-refractivity contribution >= 4 is 24.8 Å². The van der Waals surface area contributed by atoms with E-state index in [0.29, 0.717) is 0 Å². The average Bonchev–Trinajstić information content (AvgIpc) is 3.45. The molecule has 4 nitrogen and oxygen atoms in total. The lowest BCUT2D eigenvalue weighted by molar-refractivity contribution is 0.174. The predicted molar refractivity (Wildman–Crippen MR) is 136 cm³/mol. The molecule has 2 aliphatic heterocycles. The maximum atomic E-state index is 3.58. The monoisotopic (exact) mass is 464 g/mol. The van der Waals surface area contributed by atoms with Gasteiger partial charge in [0.25, 0.3) is 0 Å². The first-order chi connectivity index (χ1) is 13.8. The standard InChI is InChI=1S/2C12H24N2.2ClH/c2*1-2-13-11-5-7-12(8-6-11)14-9-3-4-10-14;;/h2*11-13H,2-10H2,1H3;2*1H. The molecule has 4 aliphatic rings. The highest BCUT2D eigenvalue weighted by molar-refractivity contribution is 5.85. The van der Waals surface area contributed by atoms with Gasteiger partial charge in [-0.25, -0.2) is 0 Å². The van der Waals surface area contributed by atoms with E-state index < -0.39 is 0 Å². The van der Waals surface area contributed by atoms with E-state index in [2.05, 4.69) is 34.3 Å². The van der Waals surface area contributed by atoms with Gasteiger partial charge in [-0.15, -0.1) is 24.8 Å². The number of rotatable bonds is 6. The third-order valence-electron chi connectivity index (χ3n) is 7.69. The van der Waals surface area contributed by atoms with Crippen molar-refractivity contribution in [3.63, 3.8) is 0 Å². The van der Waals surface area contributed by atoms with E-state index in [1.54, 1.807) is 0 Å². The van der Waals surface area contributed by atoms with Crippen LogP contribution in [0.4, 0.5) is 0 Å². The Morgan fingerprint density at radius 1 is 0.533 bits per heavy atom. The van der Waals surface area contributed by atoms with Gasteiger partial charge in [0, 0.05) is 24.2 Å². The topological polar surface area (TPSA) is 30.5 Å². The van der Waals surface area contributed by atoms with Crippen LogP contribution in [-0.2, 0) is 0 Å². The largest absolute Gasteiger partial charge is 0.314 e. The van der Waals surface area contributed by atoms with Crippen molar-refractivity contribution in [2.45, 2.75) is 115 Å². The van der Waals surface area contributed by atoms with E-state index in [1.807, 2.05) is 0 Å². The SMILES string of the molecule is CCNC1CCC(N2CCCC2)CC1.CCNC1CCC(N2CCCC2)CC1.Cl.Cl. The summed E-state index contributed by atoms with van der Waals surface area (Å²) in [5.74, 6) is 0. The van der Waals surface area contributed by atoms with E-state index in [-0.39, 0.29) is 24.8 Å². The van der Waals surface area contributed by atoms with Gasteiger partial charge in [0.1, 0.15) is 0 Å². The molecule has 0 unspecified atom stereocenters. The van der Waals surface area contributed by atoms with Gasteiger partial charge in [0.15, 0.2) is 0 Å². The zero-order valence-corrected chi connectivity index (χ0v) is 21.4. The fourth-order valence-corrected chi connectivity index (χ4v) is 6.08. The van der Waals surface area contributed by atoms with Crippen LogP contribution in [0.1, 0.15) is 90.9 Å². The molecule has 0 radical (unpaired) electrons. The number of nitrogens with zero attached hydrogens (tertiary/aromatic N) is 2. The maximum absolute atomic E-state index is 3.58. The lowest BCUT2D eigenvalue weighted by Crippen LogP contribution is -2.41. The third-order valence-corrected chi connectivity index (χ3v) is 7.69. The van der Waals surface area contributed by atoms with Gasteiger partial charge in [-0.05, 0) is 116 Å². The molecule has 2 aliphatic carbocycles. The number of likely N-dealkylation sites (tertiary alicyclic amines) is 2. The van der Waals surface area contributed by atoms with Gasteiger partial charge in [-0.2, -0.15) is 0 Å². The molecule has 0 aromatic carbocycles. The highest BCUT2D eigenvalue weighted by atomic mass is 35.5. The summed E-state index contributed by atoms with van der Waals surface area (Å²) in [4.78, 5) is 5.45. The first-order valence-corrected chi connectivity index (χ1v) is 12.7. The second-order valence-corrected chi connectivity index (χ2v) is 9.61. The van der Waals surface area contributed by atoms with Crippen LogP contribution in [0.5, 0.6) is 0 Å². The molecule has 180 valence electrons. The molecule has 0 aromatic rings. The fraction of sp³-hybridized carbons (Fsp3) is 1.00. The molecule has 2 N–H and O–H groups in total. The van der Waals surface area contributed by atoms with Crippen molar-refractivity contribution < 1.29 is 0 Å². The third kappa shape index (κ3) is 9.11. The molecule has 0 aromatic heterocycles. The summed E-state index contributed by atoms with van der Waals surface area (Å²) in [6, 6.07) is 3.48. The second kappa shape index (κ2) is 16.1. The quantitative estimate of drug-likeness (QED) is 0.587. The zero-order chi connectivity index (χ0) is 19.6. The lowest BCUT2D eigenvalue weighted by atomic mass is 9.90. The van der Waals surface area contributed by atoms with Gasteiger partial charge in [-0.3, -0.25) is 0 Å². The molecule has 0 spiro atoms. The summed E-state index contributed by atoms with van der Waals surface area (Å²) in [5, 5.41) is 7.15. The van der Waals surface area contributed by atoms with Gasteiger partial charge in [0.2, 0.25) is 0 Å². The summed E-state index contributed by atoms with van der Waals surface area (Å²) in [6.07, 6.45) is 17.1. The molecule has 2 heterocycles. The Morgan fingerprint density at radius 3 is 1.10 bits per heavy atom. The van der Waals surface area contributed by atoms with Crippen molar-refractivity contribution in [2.75, 3.05) is 39.3 Å². The van der Waals surface area contributed by atoms with E-state index in [0.717, 1.165) is 37.3 Å². The number of hydrogen-bond donors (Lipinski definition) is 2. The Morgan fingerprint density at radius 2 is 0.833 bits per heavy atom. The van der Waals surface area contributed by atoms with E-state index in [4.69, 9.17) is 0 Å². The van der Waals surface area contributed by atoms with Crippen LogP contribution >= 0.6 is 24.8 Å². The molecule has 30 heavy (non-hydrogen) atoms. The van der Waals surface area contributed by atoms with Crippen LogP contribution in [0.3, 0.4) is 0 Å². The normalized spacial score (nSPS) is 32.6. The average molecular weight is 466 g/mol. The number of halogens is 2. The molecule has 6 heteroatoms. The van der Waals surface area contributed by atoms with Crippen molar-refractivity contribution in [3.05, 3.63) is 0 Å². The molecular formula is C24H50Cl2N4. The minimum absolute atomic E-state index is 0. The molecule has 2 saturated heterocycles. The summed E-state index contributed by atoms with van der Waals surface area (Å²) < 4.78 is 0. The van der Waals surface area contributed by atoms with E-state index in [9.17, 15) is 0 Å². The first-order valence-electron chi connectivity index (χ1n) is 12.7. The zero-order valence-electron chi connectivity index (χ0n) is 19.7. The lowest BCUT2D eigenvalue weighted by Gasteiger charge is -2.34. The van der Waals surface area contributed by atoms with Crippen molar-refractivity contribution in [1.82, 2.24) is 20.4 Å². The smallest absolute Gasteiger partial charge is 0.00964 e. The van der Waals surface area contributed by atoms with Crippen molar-refractivity contribution in [3.8, 4) is 0 Å². The minimum atomic E-state index is 0. The number of nitrogens with one attached hydrogen (secondary N) is 2. The molecule has 0 amide bonds.